The first-order chi connectivity index (χ1) is 9.54. The highest BCUT2D eigenvalue weighted by molar-refractivity contribution is 5.83. The van der Waals surface area contributed by atoms with Crippen LogP contribution in [0.5, 0.6) is 0 Å². The van der Waals surface area contributed by atoms with Crippen molar-refractivity contribution >= 4 is 11.9 Å². The van der Waals surface area contributed by atoms with Crippen LogP contribution in [0.2, 0.25) is 0 Å². The maximum absolute atomic E-state index is 12.4. The van der Waals surface area contributed by atoms with Gasteiger partial charge in [0.1, 0.15) is 0 Å². The van der Waals surface area contributed by atoms with Crippen LogP contribution in [0.1, 0.15) is 36.8 Å². The van der Waals surface area contributed by atoms with Gasteiger partial charge in [-0.15, -0.1) is 0 Å². The van der Waals surface area contributed by atoms with E-state index in [1.807, 2.05) is 19.1 Å². The molecule has 1 aliphatic carbocycles. The zero-order valence-electron chi connectivity index (χ0n) is 12.0. The molecular weight excluding hydrogens is 254 g/mol. The molecule has 1 N–H and O–H groups in total. The van der Waals surface area contributed by atoms with Crippen molar-refractivity contribution in [1.29, 1.82) is 0 Å². The van der Waals surface area contributed by atoms with Gasteiger partial charge in [-0.1, -0.05) is 24.3 Å². The molecular formula is C16H21NO3. The van der Waals surface area contributed by atoms with Gasteiger partial charge in [0.05, 0.1) is 6.42 Å². The van der Waals surface area contributed by atoms with Gasteiger partial charge < -0.3 is 10.0 Å². The van der Waals surface area contributed by atoms with Crippen molar-refractivity contribution < 1.29 is 14.7 Å². The number of carbonyl (C=O) groups is 2. The van der Waals surface area contributed by atoms with Crippen LogP contribution in [0.3, 0.4) is 0 Å². The number of benzene rings is 1. The van der Waals surface area contributed by atoms with Crippen molar-refractivity contribution in [2.75, 3.05) is 13.1 Å². The van der Waals surface area contributed by atoms with Crippen LogP contribution in [-0.2, 0) is 9.59 Å². The third kappa shape index (κ3) is 3.18. The molecule has 1 saturated carbocycles. The maximum atomic E-state index is 12.4. The highest BCUT2D eigenvalue weighted by Crippen LogP contribution is 2.49. The van der Waals surface area contributed by atoms with E-state index in [9.17, 15) is 9.59 Å². The Morgan fingerprint density at radius 1 is 1.35 bits per heavy atom. The Bertz CT molecular complexity index is 512. The molecule has 0 aliphatic heterocycles. The van der Waals surface area contributed by atoms with Gasteiger partial charge in [0.25, 0.3) is 0 Å². The van der Waals surface area contributed by atoms with Gasteiger partial charge in [-0.3, -0.25) is 9.59 Å². The molecule has 1 aliphatic rings. The van der Waals surface area contributed by atoms with Crippen LogP contribution >= 0.6 is 0 Å². The molecule has 1 amide bonds. The Hall–Kier alpha value is -1.84. The summed E-state index contributed by atoms with van der Waals surface area (Å²) in [4.78, 5) is 24.7. The lowest BCUT2D eigenvalue weighted by molar-refractivity contribution is -0.138. The predicted molar refractivity (Wildman–Crippen MR) is 76.5 cm³/mol. The fourth-order valence-electron chi connectivity index (χ4n) is 2.70. The number of carboxylic acids is 1. The summed E-state index contributed by atoms with van der Waals surface area (Å²) in [6.45, 7) is 4.84. The lowest BCUT2D eigenvalue weighted by Gasteiger charge is -2.20. The van der Waals surface area contributed by atoms with E-state index in [2.05, 4.69) is 19.1 Å². The first-order valence-electron chi connectivity index (χ1n) is 7.10. The summed E-state index contributed by atoms with van der Waals surface area (Å²) < 4.78 is 0. The van der Waals surface area contributed by atoms with Gasteiger partial charge in [-0.05, 0) is 37.3 Å². The summed E-state index contributed by atoms with van der Waals surface area (Å²) in [6.07, 6.45) is 0.897. The van der Waals surface area contributed by atoms with Crippen LogP contribution in [-0.4, -0.2) is 35.0 Å². The molecule has 1 fully saturated rings. The van der Waals surface area contributed by atoms with Crippen molar-refractivity contribution in [3.63, 3.8) is 0 Å². The summed E-state index contributed by atoms with van der Waals surface area (Å²) >= 11 is 0. The van der Waals surface area contributed by atoms with E-state index >= 15 is 0 Å². The first-order valence-corrected chi connectivity index (χ1v) is 7.10. The molecule has 1 aromatic carbocycles. The fourth-order valence-corrected chi connectivity index (χ4v) is 2.70. The smallest absolute Gasteiger partial charge is 0.305 e. The van der Waals surface area contributed by atoms with Crippen LogP contribution in [0, 0.1) is 12.8 Å². The number of aryl methyl sites for hydroxylation is 1. The normalized spacial score (nSPS) is 20.5. The van der Waals surface area contributed by atoms with Crippen LogP contribution in [0.15, 0.2) is 24.3 Å². The topological polar surface area (TPSA) is 57.6 Å². The van der Waals surface area contributed by atoms with Crippen LogP contribution in [0.4, 0.5) is 0 Å². The van der Waals surface area contributed by atoms with Crippen molar-refractivity contribution in [3.05, 3.63) is 35.4 Å². The van der Waals surface area contributed by atoms with Gasteiger partial charge in [0.15, 0.2) is 0 Å². The standard InChI is InChI=1S/C16H21NO3/c1-3-17(9-8-15(18)19)16(20)14-10-13(14)12-7-5-4-6-11(12)2/h4-7,13-14H,3,8-10H2,1-2H3,(H,18,19)/t13-,14+/m1/s1. The molecule has 2 rings (SSSR count). The van der Waals surface area contributed by atoms with E-state index < -0.39 is 5.97 Å². The molecule has 108 valence electrons. The van der Waals surface area contributed by atoms with Crippen molar-refractivity contribution in [3.8, 4) is 0 Å². The molecule has 20 heavy (non-hydrogen) atoms. The summed E-state index contributed by atoms with van der Waals surface area (Å²) in [5.41, 5.74) is 2.47. The monoisotopic (exact) mass is 275 g/mol. The maximum Gasteiger partial charge on any atom is 0.305 e. The Morgan fingerprint density at radius 2 is 2.05 bits per heavy atom. The van der Waals surface area contributed by atoms with E-state index in [1.54, 1.807) is 4.90 Å². The summed E-state index contributed by atoms with van der Waals surface area (Å²) in [5, 5.41) is 8.72. The second kappa shape index (κ2) is 6.07. The largest absolute Gasteiger partial charge is 0.481 e. The SMILES string of the molecule is CCN(CCC(=O)O)C(=O)[C@H]1C[C@@H]1c1ccccc1C. The summed E-state index contributed by atoms with van der Waals surface area (Å²) in [7, 11) is 0. The zero-order chi connectivity index (χ0) is 14.7. The average Bonchev–Trinajstić information content (AvgIpc) is 3.19. The van der Waals surface area contributed by atoms with Gasteiger partial charge in [0, 0.05) is 19.0 Å². The third-order valence-corrected chi connectivity index (χ3v) is 3.98. The molecule has 1 aromatic rings. The summed E-state index contributed by atoms with van der Waals surface area (Å²) in [5.74, 6) is -0.420. The number of nitrogens with zero attached hydrogens (tertiary/aromatic N) is 1. The van der Waals surface area contributed by atoms with E-state index in [4.69, 9.17) is 5.11 Å². The lowest BCUT2D eigenvalue weighted by atomic mass is 10.0. The molecule has 0 heterocycles. The van der Waals surface area contributed by atoms with Crippen LogP contribution in [0.25, 0.3) is 0 Å². The van der Waals surface area contributed by atoms with E-state index in [0.717, 1.165) is 6.42 Å². The van der Waals surface area contributed by atoms with Crippen LogP contribution < -0.4 is 0 Å². The first kappa shape index (κ1) is 14.6. The molecule has 0 saturated heterocycles. The van der Waals surface area contributed by atoms with Gasteiger partial charge in [-0.25, -0.2) is 0 Å². The molecule has 2 atom stereocenters. The fraction of sp³-hybridized carbons (Fsp3) is 0.500. The predicted octanol–water partition coefficient (Wildman–Crippen LogP) is 2.42. The Kier molecular flexibility index (Phi) is 4.42. The zero-order valence-corrected chi connectivity index (χ0v) is 12.0. The van der Waals surface area contributed by atoms with Crippen molar-refractivity contribution in [1.82, 2.24) is 4.90 Å². The number of hydrogen-bond donors (Lipinski definition) is 1. The minimum absolute atomic E-state index is 0.0152. The van der Waals surface area contributed by atoms with Gasteiger partial charge in [-0.2, -0.15) is 0 Å². The Balaban J connectivity index is 1.98. The molecule has 0 spiro atoms. The van der Waals surface area contributed by atoms with Crippen molar-refractivity contribution in [2.45, 2.75) is 32.6 Å². The number of carbonyl (C=O) groups excluding carboxylic acids is 1. The second-order valence-corrected chi connectivity index (χ2v) is 5.37. The lowest BCUT2D eigenvalue weighted by Crippen LogP contribution is -2.34. The number of aliphatic carboxylic acids is 1. The van der Waals surface area contributed by atoms with E-state index in [0.29, 0.717) is 19.0 Å². The van der Waals surface area contributed by atoms with E-state index in [-0.39, 0.29) is 18.2 Å². The Labute approximate surface area is 119 Å². The number of rotatable bonds is 6. The number of carboxylic acid groups (broad SMARTS) is 1. The quantitative estimate of drug-likeness (QED) is 0.867. The highest BCUT2D eigenvalue weighted by atomic mass is 16.4. The van der Waals surface area contributed by atoms with Crippen molar-refractivity contribution in [2.24, 2.45) is 5.92 Å². The number of hydrogen-bond acceptors (Lipinski definition) is 2. The molecule has 4 heteroatoms. The number of amides is 1. The molecule has 0 bridgehead atoms. The average molecular weight is 275 g/mol. The summed E-state index contributed by atoms with van der Waals surface area (Å²) in [6, 6.07) is 8.16. The molecule has 0 radical (unpaired) electrons. The third-order valence-electron chi connectivity index (χ3n) is 3.98. The highest BCUT2D eigenvalue weighted by Gasteiger charge is 2.45. The van der Waals surface area contributed by atoms with Gasteiger partial charge in [0.2, 0.25) is 5.91 Å². The minimum Gasteiger partial charge on any atom is -0.481 e. The Morgan fingerprint density at radius 3 is 2.65 bits per heavy atom. The molecule has 0 aromatic heterocycles. The van der Waals surface area contributed by atoms with E-state index in [1.165, 1.54) is 11.1 Å². The molecule has 0 unspecified atom stereocenters. The molecule has 4 nitrogen and oxygen atoms in total. The minimum atomic E-state index is -0.859. The van der Waals surface area contributed by atoms with Gasteiger partial charge >= 0.3 is 5.97 Å². The second-order valence-electron chi connectivity index (χ2n) is 5.37.